The molecule has 0 spiro atoms. The minimum atomic E-state index is -2.07. The van der Waals surface area contributed by atoms with Crippen LogP contribution in [0.5, 0.6) is 0 Å². The molecule has 0 saturated carbocycles. The average Bonchev–Trinajstić information content (AvgIpc) is 3.03. The van der Waals surface area contributed by atoms with Crippen LogP contribution in [0.3, 0.4) is 0 Å². The fourth-order valence-electron chi connectivity index (χ4n) is 5.51. The average molecular weight is 667 g/mol. The monoisotopic (exact) mass is 666 g/mol. The first-order valence-electron chi connectivity index (χ1n) is 14.1. The maximum Gasteiger partial charge on any atom is 0.187 e. The van der Waals surface area contributed by atoms with Gasteiger partial charge in [0.1, 0.15) is 97.7 Å². The quantitative estimate of drug-likeness (QED) is 0.103. The van der Waals surface area contributed by atoms with Crippen molar-refractivity contribution < 1.29 is 105 Å². The van der Waals surface area contributed by atoms with Gasteiger partial charge in [0.15, 0.2) is 25.2 Å². The van der Waals surface area contributed by atoms with Crippen LogP contribution in [0, 0.1) is 0 Å². The molecule has 264 valence electrons. The first kappa shape index (κ1) is 37.0. The Balaban J connectivity index is 1.57. The summed E-state index contributed by atoms with van der Waals surface area (Å²) in [5.74, 6) is 0. The lowest BCUT2D eigenvalue weighted by Gasteiger charge is -2.49. The van der Waals surface area contributed by atoms with E-state index in [0.29, 0.717) is 0 Å². The van der Waals surface area contributed by atoms with Crippen molar-refractivity contribution in [2.75, 3.05) is 26.4 Å². The molecule has 4 aliphatic rings. The zero-order chi connectivity index (χ0) is 33.3. The van der Waals surface area contributed by atoms with Crippen molar-refractivity contribution in [1.29, 1.82) is 0 Å². The summed E-state index contributed by atoms with van der Waals surface area (Å²) in [6.45, 7) is -3.43. The van der Waals surface area contributed by atoms with Gasteiger partial charge in [0.05, 0.1) is 26.4 Å². The molecule has 0 aromatic carbocycles. The standard InChI is InChI=1S/C24H42O21/c25-1-5-9(29)13(33)15(35)22(40-5)43-18-11(31)8(4-28)42-24(17(18)37)44-19-12(32)7(3-27)39-21(38)20(19)45-23-16(36)14(34)10(30)6(2-26)41-23/h5-38H,1-4H2/t5-,6-,7-,8-,9-,10-,11-,12-,13+,14+,15-,16-,17-,18+,19+,20-,21?,22+,23+,24+/m1/s1. The van der Waals surface area contributed by atoms with Crippen LogP contribution in [0.1, 0.15) is 0 Å². The topological polar surface area (TPSA) is 348 Å². The summed E-state index contributed by atoms with van der Waals surface area (Å²) in [6.07, 6.45) is -36.3. The Hall–Kier alpha value is -0.840. The second-order valence-corrected chi connectivity index (χ2v) is 11.1. The van der Waals surface area contributed by atoms with E-state index >= 15 is 0 Å². The Kier molecular flexibility index (Phi) is 12.8. The molecule has 0 aromatic rings. The lowest BCUT2D eigenvalue weighted by atomic mass is 9.95. The molecule has 21 heteroatoms. The first-order valence-corrected chi connectivity index (χ1v) is 14.1. The highest BCUT2D eigenvalue weighted by Gasteiger charge is 2.55. The third-order valence-electron chi connectivity index (χ3n) is 8.21. The van der Waals surface area contributed by atoms with Gasteiger partial charge in [-0.1, -0.05) is 0 Å². The van der Waals surface area contributed by atoms with E-state index in [9.17, 15) is 71.5 Å². The number of hydrogen-bond acceptors (Lipinski definition) is 21. The Morgan fingerprint density at radius 1 is 0.333 bits per heavy atom. The minimum Gasteiger partial charge on any atom is -0.394 e. The largest absolute Gasteiger partial charge is 0.394 e. The molecule has 21 nitrogen and oxygen atoms in total. The molecule has 0 aliphatic carbocycles. The molecular weight excluding hydrogens is 624 g/mol. The van der Waals surface area contributed by atoms with Crippen LogP contribution >= 0.6 is 0 Å². The van der Waals surface area contributed by atoms with Gasteiger partial charge in [0, 0.05) is 0 Å². The van der Waals surface area contributed by atoms with Crippen molar-refractivity contribution in [3.63, 3.8) is 0 Å². The second-order valence-electron chi connectivity index (χ2n) is 11.1. The molecule has 45 heavy (non-hydrogen) atoms. The second kappa shape index (κ2) is 15.6. The van der Waals surface area contributed by atoms with Crippen LogP contribution in [0.15, 0.2) is 0 Å². The van der Waals surface area contributed by atoms with Gasteiger partial charge in [-0.3, -0.25) is 0 Å². The van der Waals surface area contributed by atoms with Crippen molar-refractivity contribution in [3.05, 3.63) is 0 Å². The molecule has 4 heterocycles. The predicted octanol–water partition coefficient (Wildman–Crippen LogP) is -9.75. The minimum absolute atomic E-state index is 0.819. The summed E-state index contributed by atoms with van der Waals surface area (Å²) < 4.78 is 37.9. The summed E-state index contributed by atoms with van der Waals surface area (Å²) in [5.41, 5.74) is 0. The molecule has 4 aliphatic heterocycles. The molecule has 20 atom stereocenters. The molecular formula is C24H42O21. The highest BCUT2D eigenvalue weighted by Crippen LogP contribution is 2.34. The maximum atomic E-state index is 11.1. The number of hydrogen-bond donors (Lipinski definition) is 14. The van der Waals surface area contributed by atoms with Gasteiger partial charge in [-0.2, -0.15) is 0 Å². The number of aliphatic hydroxyl groups is 14. The Labute approximate surface area is 254 Å². The molecule has 0 radical (unpaired) electrons. The summed E-state index contributed by atoms with van der Waals surface area (Å²) >= 11 is 0. The van der Waals surface area contributed by atoms with Gasteiger partial charge >= 0.3 is 0 Å². The molecule has 0 bridgehead atoms. The zero-order valence-electron chi connectivity index (χ0n) is 23.5. The van der Waals surface area contributed by atoms with Gasteiger partial charge in [0.2, 0.25) is 0 Å². The van der Waals surface area contributed by atoms with Crippen LogP contribution in [0.25, 0.3) is 0 Å². The van der Waals surface area contributed by atoms with Crippen molar-refractivity contribution >= 4 is 0 Å². The summed E-state index contributed by atoms with van der Waals surface area (Å²) in [5, 5.41) is 143. The van der Waals surface area contributed by atoms with Gasteiger partial charge in [-0.05, 0) is 0 Å². The van der Waals surface area contributed by atoms with E-state index in [2.05, 4.69) is 0 Å². The van der Waals surface area contributed by atoms with E-state index < -0.39 is 149 Å². The SMILES string of the molecule is OC[C@H]1O[C@@H](O[C@@H]2[C@@H](O)[C@H](O[C@H]3[C@H](O)[C@@H](CO)OC(O)[C@@H]3O[C@@H]3O[C@H](CO)[C@@H](O)[C@H](O)[C@H]3O)O[C@H](CO)[C@H]2O)[C@H](O)[C@@H](O)[C@@H]1O. The lowest BCUT2D eigenvalue weighted by Crippen LogP contribution is -2.68. The van der Waals surface area contributed by atoms with Crippen LogP contribution in [-0.4, -0.2) is 221 Å². The van der Waals surface area contributed by atoms with Crippen molar-refractivity contribution in [3.8, 4) is 0 Å². The highest BCUT2D eigenvalue weighted by molar-refractivity contribution is 4.97. The predicted molar refractivity (Wildman–Crippen MR) is 134 cm³/mol. The summed E-state index contributed by atoms with van der Waals surface area (Å²) in [7, 11) is 0. The Bertz CT molecular complexity index is 914. The van der Waals surface area contributed by atoms with Crippen LogP contribution in [-0.2, 0) is 33.2 Å². The van der Waals surface area contributed by atoms with Gasteiger partial charge in [-0.25, -0.2) is 0 Å². The van der Waals surface area contributed by atoms with Crippen molar-refractivity contribution in [1.82, 2.24) is 0 Å². The van der Waals surface area contributed by atoms with Crippen LogP contribution < -0.4 is 0 Å². The molecule has 4 fully saturated rings. The number of ether oxygens (including phenoxy) is 7. The van der Waals surface area contributed by atoms with E-state index in [1.54, 1.807) is 0 Å². The maximum absolute atomic E-state index is 11.1. The third-order valence-corrected chi connectivity index (χ3v) is 8.21. The Morgan fingerprint density at radius 3 is 1.11 bits per heavy atom. The van der Waals surface area contributed by atoms with E-state index in [4.69, 9.17) is 33.2 Å². The number of rotatable bonds is 10. The first-order chi connectivity index (χ1) is 21.3. The fourth-order valence-corrected chi connectivity index (χ4v) is 5.51. The van der Waals surface area contributed by atoms with Crippen LogP contribution in [0.2, 0.25) is 0 Å². The number of aliphatic hydroxyl groups excluding tert-OH is 14. The lowest BCUT2D eigenvalue weighted by molar-refractivity contribution is -0.396. The molecule has 0 aromatic heterocycles. The van der Waals surface area contributed by atoms with Gasteiger partial charge < -0.3 is 105 Å². The summed E-state index contributed by atoms with van der Waals surface area (Å²) in [4.78, 5) is 0. The van der Waals surface area contributed by atoms with E-state index in [1.165, 1.54) is 0 Å². The van der Waals surface area contributed by atoms with Crippen molar-refractivity contribution in [2.24, 2.45) is 0 Å². The Morgan fingerprint density at radius 2 is 0.667 bits per heavy atom. The third kappa shape index (κ3) is 7.44. The summed E-state index contributed by atoms with van der Waals surface area (Å²) in [6, 6.07) is 0. The molecule has 4 saturated heterocycles. The van der Waals surface area contributed by atoms with E-state index in [-0.39, 0.29) is 0 Å². The molecule has 4 rings (SSSR count). The highest BCUT2D eigenvalue weighted by atomic mass is 16.8. The van der Waals surface area contributed by atoms with E-state index in [1.807, 2.05) is 0 Å². The molecule has 0 amide bonds. The van der Waals surface area contributed by atoms with Gasteiger partial charge in [-0.15, -0.1) is 0 Å². The fraction of sp³-hybridized carbons (Fsp3) is 1.00. The van der Waals surface area contributed by atoms with Crippen molar-refractivity contribution in [2.45, 2.75) is 123 Å². The smallest absolute Gasteiger partial charge is 0.187 e. The normalized spacial score (nSPS) is 52.9. The molecule has 14 N–H and O–H groups in total. The van der Waals surface area contributed by atoms with E-state index in [0.717, 1.165) is 0 Å². The zero-order valence-corrected chi connectivity index (χ0v) is 23.5. The molecule has 1 unspecified atom stereocenters. The van der Waals surface area contributed by atoms with Crippen LogP contribution in [0.4, 0.5) is 0 Å². The van der Waals surface area contributed by atoms with Gasteiger partial charge in [0.25, 0.3) is 0 Å².